The number of halogens is 4. The van der Waals surface area contributed by atoms with Gasteiger partial charge in [-0.15, -0.1) is 19.3 Å². The monoisotopic (exact) mass is 613 g/mol. The van der Waals surface area contributed by atoms with Crippen LogP contribution in [-0.4, -0.2) is 81.6 Å². The second-order valence-electron chi connectivity index (χ2n) is 10.4. The molecule has 41 heavy (non-hydrogen) atoms. The normalized spacial score (nSPS) is 19.0. The number of hydrogen-bond acceptors (Lipinski definition) is 5. The number of ether oxygens (including phenoxy) is 1. The summed E-state index contributed by atoms with van der Waals surface area (Å²) in [5, 5.41) is 7.20. The zero-order valence-corrected chi connectivity index (χ0v) is 26.5. The van der Waals surface area contributed by atoms with Crippen molar-refractivity contribution in [1.82, 2.24) is 10.2 Å². The number of rotatable bonds is 14. The molecular formula is C31H44F4N3OPS. The lowest BCUT2D eigenvalue weighted by atomic mass is 10.0. The Morgan fingerprint density at radius 2 is 1.95 bits per heavy atom. The fraction of sp³-hybridized carbons (Fsp3) is 0.613. The quantitative estimate of drug-likeness (QED) is 0.131. The van der Waals surface area contributed by atoms with Crippen molar-refractivity contribution in [3.63, 3.8) is 0 Å². The Morgan fingerprint density at radius 1 is 1.20 bits per heavy atom. The highest BCUT2D eigenvalue weighted by Crippen LogP contribution is 2.43. The van der Waals surface area contributed by atoms with E-state index >= 15 is 0 Å². The molecule has 1 aromatic heterocycles. The van der Waals surface area contributed by atoms with Crippen molar-refractivity contribution in [1.29, 1.82) is 0 Å². The maximum Gasteiger partial charge on any atom is 0.393 e. The number of methoxy groups -OCH3 is 1. The zero-order chi connectivity index (χ0) is 30.0. The Balaban J connectivity index is 1.81. The molecule has 0 amide bonds. The van der Waals surface area contributed by atoms with Crippen LogP contribution in [-0.2, 0) is 11.2 Å². The van der Waals surface area contributed by atoms with Gasteiger partial charge in [0.1, 0.15) is 12.4 Å². The molecule has 1 aliphatic carbocycles. The van der Waals surface area contributed by atoms with Crippen LogP contribution in [0, 0.1) is 11.8 Å². The average molecular weight is 614 g/mol. The molecule has 1 heterocycles. The third-order valence-electron chi connectivity index (χ3n) is 7.82. The van der Waals surface area contributed by atoms with Gasteiger partial charge in [0.25, 0.3) is 0 Å². The molecule has 4 unspecified atom stereocenters. The summed E-state index contributed by atoms with van der Waals surface area (Å²) in [5.41, 5.74) is 1.39. The molecule has 0 saturated carbocycles. The van der Waals surface area contributed by atoms with Crippen molar-refractivity contribution in [2.45, 2.75) is 70.4 Å². The van der Waals surface area contributed by atoms with Gasteiger partial charge in [-0.2, -0.15) is 13.2 Å². The number of nitrogens with zero attached hydrogens (tertiary/aromatic N) is 1. The maximum atomic E-state index is 13.9. The number of nitrogens with one attached hydrogen (secondary N) is 2. The van der Waals surface area contributed by atoms with E-state index in [1.807, 2.05) is 6.07 Å². The molecule has 3 rings (SSSR count). The molecule has 0 spiro atoms. The van der Waals surface area contributed by atoms with Crippen LogP contribution in [0.5, 0.6) is 0 Å². The molecule has 228 valence electrons. The molecular weight excluding hydrogens is 569 g/mol. The van der Waals surface area contributed by atoms with E-state index in [2.05, 4.69) is 60.9 Å². The minimum Gasteiger partial charge on any atom is -0.500 e. The van der Waals surface area contributed by atoms with Gasteiger partial charge in [-0.05, 0) is 68.3 Å². The smallest absolute Gasteiger partial charge is 0.393 e. The molecule has 4 nitrogen and oxygen atoms in total. The van der Waals surface area contributed by atoms with E-state index in [9.17, 15) is 17.6 Å². The number of hydrogen-bond donors (Lipinski definition) is 2. The molecule has 0 saturated heterocycles. The summed E-state index contributed by atoms with van der Waals surface area (Å²) in [6, 6.07) is 4.87. The number of benzene rings is 1. The molecule has 0 radical (unpaired) electrons. The first-order valence-electron chi connectivity index (χ1n) is 14.5. The third kappa shape index (κ3) is 9.58. The summed E-state index contributed by atoms with van der Waals surface area (Å²) in [7, 11) is 1.61. The number of allylic oxidation sites excluding steroid dienone is 1. The summed E-state index contributed by atoms with van der Waals surface area (Å²) < 4.78 is 61.1. The predicted octanol–water partition coefficient (Wildman–Crippen LogP) is 7.62. The fourth-order valence-electron chi connectivity index (χ4n) is 5.21. The standard InChI is InChI=1S/C31H44F4N3OPS/c1-6-38(7-2)18-16-22(21-32)37-27-12-9-11-24-25(20-31(33,34)35)29(41-30(24)27)13-10-17-36-26-15-14-23(40(5)8-3)19-28(26)39-4/h9,11-12,19,22-23,26,36-37H,6-8,14-18,20-21H2,1-5H3. The van der Waals surface area contributed by atoms with Gasteiger partial charge >= 0.3 is 6.18 Å². The molecule has 2 aromatic rings. The molecule has 4 atom stereocenters. The van der Waals surface area contributed by atoms with Crippen molar-refractivity contribution in [2.24, 2.45) is 0 Å². The van der Waals surface area contributed by atoms with Crippen molar-refractivity contribution in [3.05, 3.63) is 40.5 Å². The van der Waals surface area contributed by atoms with Crippen LogP contribution in [0.3, 0.4) is 0 Å². The number of fused-ring (bicyclic) bond motifs is 1. The lowest BCUT2D eigenvalue weighted by molar-refractivity contribution is -0.126. The van der Waals surface area contributed by atoms with E-state index < -0.39 is 25.3 Å². The van der Waals surface area contributed by atoms with E-state index in [-0.39, 0.29) is 19.5 Å². The Kier molecular flexibility index (Phi) is 13.2. The zero-order valence-electron chi connectivity index (χ0n) is 24.8. The Labute approximate surface area is 248 Å². The maximum absolute atomic E-state index is 13.9. The second kappa shape index (κ2) is 16.1. The number of alkyl halides is 4. The number of anilines is 1. The summed E-state index contributed by atoms with van der Waals surface area (Å²) in [6.07, 6.45) is 0.620. The van der Waals surface area contributed by atoms with Gasteiger partial charge in [-0.3, -0.25) is 5.32 Å². The molecule has 0 aliphatic heterocycles. The first kappa shape index (κ1) is 33.6. The van der Waals surface area contributed by atoms with Gasteiger partial charge in [-0.25, -0.2) is 4.39 Å². The van der Waals surface area contributed by atoms with Crippen molar-refractivity contribution >= 4 is 35.0 Å². The topological polar surface area (TPSA) is 36.5 Å². The lowest BCUT2D eigenvalue weighted by Gasteiger charge is -2.31. The highest BCUT2D eigenvalue weighted by molar-refractivity contribution is 7.57. The second-order valence-corrected chi connectivity index (χ2v) is 14.3. The SMILES string of the molecule is CCN(CC)CCC(CF)Nc1cccc2c(CC(F)(F)F)c(C#CCNC3CCC(P(C)CC)C=C3OC)sc12. The van der Waals surface area contributed by atoms with Crippen molar-refractivity contribution in [3.8, 4) is 11.8 Å². The Bertz CT molecular complexity index is 1200. The van der Waals surface area contributed by atoms with Gasteiger partial charge in [0, 0.05) is 12.2 Å². The van der Waals surface area contributed by atoms with Crippen LogP contribution >= 0.6 is 19.3 Å². The fourth-order valence-corrected chi connectivity index (χ4v) is 7.84. The van der Waals surface area contributed by atoms with E-state index in [1.54, 1.807) is 19.2 Å². The van der Waals surface area contributed by atoms with Gasteiger partial charge in [-0.1, -0.05) is 44.7 Å². The Morgan fingerprint density at radius 3 is 2.59 bits per heavy atom. The van der Waals surface area contributed by atoms with Crippen LogP contribution in [0.2, 0.25) is 0 Å². The molecule has 1 aromatic carbocycles. The third-order valence-corrected chi connectivity index (χ3v) is 11.6. The first-order valence-corrected chi connectivity index (χ1v) is 17.3. The highest BCUT2D eigenvalue weighted by atomic mass is 32.1. The molecule has 2 N–H and O–H groups in total. The summed E-state index contributed by atoms with van der Waals surface area (Å²) in [5.74, 6) is 7.01. The molecule has 10 heteroatoms. The van der Waals surface area contributed by atoms with E-state index in [0.717, 1.165) is 38.2 Å². The van der Waals surface area contributed by atoms with E-state index in [0.29, 0.717) is 39.3 Å². The minimum atomic E-state index is -4.37. The lowest BCUT2D eigenvalue weighted by Crippen LogP contribution is -2.35. The summed E-state index contributed by atoms with van der Waals surface area (Å²) >= 11 is 1.24. The van der Waals surface area contributed by atoms with Crippen LogP contribution in [0.25, 0.3) is 10.1 Å². The molecule has 1 aliphatic rings. The van der Waals surface area contributed by atoms with Crippen LogP contribution < -0.4 is 10.6 Å². The van der Waals surface area contributed by atoms with Gasteiger partial charge in [0.05, 0.1) is 47.4 Å². The van der Waals surface area contributed by atoms with Crippen LogP contribution in [0.1, 0.15) is 50.5 Å². The predicted molar refractivity (Wildman–Crippen MR) is 168 cm³/mol. The van der Waals surface area contributed by atoms with E-state index in [1.165, 1.54) is 17.5 Å². The average Bonchev–Trinajstić information content (AvgIpc) is 3.30. The van der Waals surface area contributed by atoms with Crippen molar-refractivity contribution in [2.75, 3.05) is 58.1 Å². The van der Waals surface area contributed by atoms with Crippen LogP contribution in [0.4, 0.5) is 23.2 Å². The van der Waals surface area contributed by atoms with Gasteiger partial charge < -0.3 is 15.0 Å². The van der Waals surface area contributed by atoms with Crippen LogP contribution in [0.15, 0.2) is 30.0 Å². The van der Waals surface area contributed by atoms with Gasteiger partial charge in [0.2, 0.25) is 0 Å². The largest absolute Gasteiger partial charge is 0.500 e. The highest BCUT2D eigenvalue weighted by Gasteiger charge is 2.31. The van der Waals surface area contributed by atoms with Crippen molar-refractivity contribution < 1.29 is 22.3 Å². The van der Waals surface area contributed by atoms with E-state index in [4.69, 9.17) is 4.74 Å². The molecule has 0 bridgehead atoms. The van der Waals surface area contributed by atoms with Gasteiger partial charge in [0.15, 0.2) is 0 Å². The first-order chi connectivity index (χ1) is 19.6. The number of thiophene rings is 1. The summed E-state index contributed by atoms with van der Waals surface area (Å²) in [4.78, 5) is 2.63. The minimum absolute atomic E-state index is 0.0487. The molecule has 0 fully saturated rings. The summed E-state index contributed by atoms with van der Waals surface area (Å²) in [6.45, 7) is 11.0. The Hall–Kier alpha value is -1.85.